The molecule has 5 heteroatoms. The normalized spacial score (nSPS) is 13.5. The van der Waals surface area contributed by atoms with E-state index in [0.717, 1.165) is 12.0 Å². The molecule has 19 heavy (non-hydrogen) atoms. The number of ether oxygens (including phenoxy) is 1. The number of halogens is 3. The molecule has 0 aliphatic carbocycles. The summed E-state index contributed by atoms with van der Waals surface area (Å²) in [5.41, 5.74) is 8.28. The topological polar surface area (TPSA) is 35.2 Å². The van der Waals surface area contributed by atoms with Crippen LogP contribution in [0.3, 0.4) is 0 Å². The summed E-state index contributed by atoms with van der Waals surface area (Å²) >= 11 is 0. The minimum absolute atomic E-state index is 0.0451. The molecule has 1 aromatic carbocycles. The van der Waals surface area contributed by atoms with Gasteiger partial charge in [0.15, 0.2) is 0 Å². The van der Waals surface area contributed by atoms with Crippen LogP contribution in [0.5, 0.6) is 0 Å². The molecular formula is C14H20F3NO. The standard InChI is InChI=1S/C14H20F3NO/c1-11-4-2-5-12(8-11)9-13(18)6-3-7-19-10-14(15,16)17/h2,4-5,8,13H,3,6-7,9-10,18H2,1H3. The van der Waals surface area contributed by atoms with Gasteiger partial charge in [-0.2, -0.15) is 13.2 Å². The molecule has 0 aromatic heterocycles. The first kappa shape index (κ1) is 16.0. The molecule has 2 nitrogen and oxygen atoms in total. The molecular weight excluding hydrogens is 255 g/mol. The maximum Gasteiger partial charge on any atom is 0.411 e. The summed E-state index contributed by atoms with van der Waals surface area (Å²) in [5, 5.41) is 0. The Bertz CT molecular complexity index is 379. The fraction of sp³-hybridized carbons (Fsp3) is 0.571. The molecule has 0 bridgehead atoms. The molecule has 0 fully saturated rings. The van der Waals surface area contributed by atoms with Crippen molar-refractivity contribution in [2.24, 2.45) is 5.73 Å². The van der Waals surface area contributed by atoms with Crippen LogP contribution in [0.15, 0.2) is 24.3 Å². The van der Waals surface area contributed by atoms with Crippen molar-refractivity contribution in [2.45, 2.75) is 38.4 Å². The number of hydrogen-bond acceptors (Lipinski definition) is 2. The first-order valence-electron chi connectivity index (χ1n) is 6.32. The lowest BCUT2D eigenvalue weighted by Gasteiger charge is -2.12. The lowest BCUT2D eigenvalue weighted by Crippen LogP contribution is -2.24. The minimum atomic E-state index is -4.25. The van der Waals surface area contributed by atoms with Crippen molar-refractivity contribution in [3.8, 4) is 0 Å². The van der Waals surface area contributed by atoms with Crippen LogP contribution in [-0.2, 0) is 11.2 Å². The Morgan fingerprint density at radius 2 is 2.05 bits per heavy atom. The summed E-state index contributed by atoms with van der Waals surface area (Å²) < 4.78 is 40.0. The van der Waals surface area contributed by atoms with E-state index in [1.165, 1.54) is 5.56 Å². The van der Waals surface area contributed by atoms with Crippen molar-refractivity contribution in [1.29, 1.82) is 0 Å². The smallest absolute Gasteiger partial charge is 0.372 e. The maximum atomic E-state index is 11.8. The lowest BCUT2D eigenvalue weighted by molar-refractivity contribution is -0.174. The molecule has 0 saturated carbocycles. The monoisotopic (exact) mass is 275 g/mol. The Hall–Kier alpha value is -1.07. The highest BCUT2D eigenvalue weighted by Crippen LogP contribution is 2.15. The third-order valence-corrected chi connectivity index (χ3v) is 2.71. The van der Waals surface area contributed by atoms with Crippen LogP contribution in [0.2, 0.25) is 0 Å². The highest BCUT2D eigenvalue weighted by molar-refractivity contribution is 5.22. The summed E-state index contributed by atoms with van der Waals surface area (Å²) in [6, 6.07) is 8.02. The van der Waals surface area contributed by atoms with Gasteiger partial charge in [-0.05, 0) is 31.7 Å². The largest absolute Gasteiger partial charge is 0.411 e. The lowest BCUT2D eigenvalue weighted by atomic mass is 10.0. The van der Waals surface area contributed by atoms with E-state index in [9.17, 15) is 13.2 Å². The third kappa shape index (κ3) is 7.85. The predicted octanol–water partition coefficient (Wildman–Crippen LogP) is 3.22. The van der Waals surface area contributed by atoms with E-state index < -0.39 is 12.8 Å². The highest BCUT2D eigenvalue weighted by Gasteiger charge is 2.27. The molecule has 0 heterocycles. The van der Waals surface area contributed by atoms with Crippen LogP contribution in [0.1, 0.15) is 24.0 Å². The van der Waals surface area contributed by atoms with Gasteiger partial charge in [-0.25, -0.2) is 0 Å². The molecule has 1 rings (SSSR count). The van der Waals surface area contributed by atoms with Crippen LogP contribution in [-0.4, -0.2) is 25.4 Å². The molecule has 0 amide bonds. The Labute approximate surface area is 111 Å². The highest BCUT2D eigenvalue weighted by atomic mass is 19.4. The predicted molar refractivity (Wildman–Crippen MR) is 69.0 cm³/mol. The third-order valence-electron chi connectivity index (χ3n) is 2.71. The van der Waals surface area contributed by atoms with Gasteiger partial charge in [0.05, 0.1) is 0 Å². The zero-order valence-electron chi connectivity index (χ0n) is 11.0. The second-order valence-corrected chi connectivity index (χ2v) is 4.76. The van der Waals surface area contributed by atoms with Crippen LogP contribution < -0.4 is 5.73 Å². The van der Waals surface area contributed by atoms with Gasteiger partial charge in [0.1, 0.15) is 6.61 Å². The molecule has 1 unspecified atom stereocenters. The number of aryl methyl sites for hydroxylation is 1. The Morgan fingerprint density at radius 1 is 1.32 bits per heavy atom. The van der Waals surface area contributed by atoms with Crippen LogP contribution in [0.25, 0.3) is 0 Å². The molecule has 108 valence electrons. The summed E-state index contributed by atoms with van der Waals surface area (Å²) in [5.74, 6) is 0. The van der Waals surface area contributed by atoms with E-state index in [2.05, 4.69) is 10.8 Å². The number of hydrogen-bond donors (Lipinski definition) is 1. The van der Waals surface area contributed by atoms with Gasteiger partial charge in [-0.15, -0.1) is 0 Å². The Balaban J connectivity index is 2.16. The SMILES string of the molecule is Cc1cccc(CC(N)CCCOCC(F)(F)F)c1. The number of nitrogens with two attached hydrogens (primary N) is 1. The van der Waals surface area contributed by atoms with Crippen LogP contribution in [0, 0.1) is 6.92 Å². The van der Waals surface area contributed by atoms with Gasteiger partial charge >= 0.3 is 6.18 Å². The molecule has 1 atom stereocenters. The summed E-state index contributed by atoms with van der Waals surface area (Å²) in [7, 11) is 0. The Kier molecular flexibility index (Phi) is 6.31. The average molecular weight is 275 g/mol. The van der Waals surface area contributed by atoms with E-state index in [1.54, 1.807) is 0 Å². The van der Waals surface area contributed by atoms with Crippen LogP contribution in [0.4, 0.5) is 13.2 Å². The molecule has 2 N–H and O–H groups in total. The molecule has 1 aromatic rings. The van der Waals surface area contributed by atoms with Crippen molar-refractivity contribution in [1.82, 2.24) is 0 Å². The minimum Gasteiger partial charge on any atom is -0.372 e. The zero-order valence-corrected chi connectivity index (χ0v) is 11.0. The van der Waals surface area contributed by atoms with Crippen molar-refractivity contribution in [3.63, 3.8) is 0 Å². The van der Waals surface area contributed by atoms with E-state index in [4.69, 9.17) is 5.73 Å². The fourth-order valence-corrected chi connectivity index (χ4v) is 1.88. The summed E-state index contributed by atoms with van der Waals surface area (Å²) in [6.07, 6.45) is -2.31. The quantitative estimate of drug-likeness (QED) is 0.775. The van der Waals surface area contributed by atoms with Gasteiger partial charge < -0.3 is 10.5 Å². The van der Waals surface area contributed by atoms with E-state index in [-0.39, 0.29) is 12.6 Å². The van der Waals surface area contributed by atoms with Crippen molar-refractivity contribution in [3.05, 3.63) is 35.4 Å². The van der Waals surface area contributed by atoms with Crippen molar-refractivity contribution in [2.75, 3.05) is 13.2 Å². The maximum absolute atomic E-state index is 11.8. The van der Waals surface area contributed by atoms with Gasteiger partial charge in [-0.1, -0.05) is 29.8 Å². The second kappa shape index (κ2) is 7.50. The van der Waals surface area contributed by atoms with Crippen molar-refractivity contribution < 1.29 is 17.9 Å². The second-order valence-electron chi connectivity index (χ2n) is 4.76. The van der Waals surface area contributed by atoms with E-state index >= 15 is 0 Å². The fourth-order valence-electron chi connectivity index (χ4n) is 1.88. The molecule has 0 saturated heterocycles. The number of benzene rings is 1. The first-order chi connectivity index (χ1) is 8.87. The van der Waals surface area contributed by atoms with Crippen LogP contribution >= 0.6 is 0 Å². The van der Waals surface area contributed by atoms with Gasteiger partial charge in [0, 0.05) is 12.6 Å². The Morgan fingerprint density at radius 3 is 2.68 bits per heavy atom. The van der Waals surface area contributed by atoms with Crippen molar-refractivity contribution >= 4 is 0 Å². The molecule has 0 spiro atoms. The average Bonchev–Trinajstić information content (AvgIpc) is 2.26. The molecule has 0 aliphatic heterocycles. The summed E-state index contributed by atoms with van der Waals surface area (Å²) in [4.78, 5) is 0. The summed E-state index contributed by atoms with van der Waals surface area (Å²) in [6.45, 7) is 0.932. The van der Waals surface area contributed by atoms with E-state index in [1.807, 2.05) is 25.1 Å². The molecule has 0 aliphatic rings. The van der Waals surface area contributed by atoms with Gasteiger partial charge in [0.25, 0.3) is 0 Å². The first-order valence-corrected chi connectivity index (χ1v) is 6.32. The number of rotatable bonds is 7. The zero-order chi connectivity index (χ0) is 14.3. The molecule has 0 radical (unpaired) electrons. The van der Waals surface area contributed by atoms with E-state index in [0.29, 0.717) is 12.8 Å². The number of alkyl halides is 3. The van der Waals surface area contributed by atoms with Gasteiger partial charge in [-0.3, -0.25) is 0 Å². The van der Waals surface area contributed by atoms with Gasteiger partial charge in [0.2, 0.25) is 0 Å².